The smallest absolute Gasteiger partial charge is 0.150 e. The maximum atomic E-state index is 15.2. The van der Waals surface area contributed by atoms with Gasteiger partial charge in [-0.25, -0.2) is 14.1 Å². The molecule has 1 aromatic heterocycles. The van der Waals surface area contributed by atoms with Crippen molar-refractivity contribution in [3.05, 3.63) is 83.3 Å². The second kappa shape index (κ2) is 8.10. The van der Waals surface area contributed by atoms with Gasteiger partial charge in [0.2, 0.25) is 0 Å². The van der Waals surface area contributed by atoms with Crippen molar-refractivity contribution in [3.8, 4) is 5.69 Å². The summed E-state index contributed by atoms with van der Waals surface area (Å²) in [5, 5.41) is 4.21. The van der Waals surface area contributed by atoms with Crippen molar-refractivity contribution in [3.63, 3.8) is 0 Å². The number of ether oxygens (including phenoxy) is 1. The molecule has 8 nitrogen and oxygen atoms in total. The van der Waals surface area contributed by atoms with E-state index in [-0.39, 0.29) is 12.3 Å². The van der Waals surface area contributed by atoms with E-state index in [0.29, 0.717) is 30.2 Å². The normalized spacial score (nSPS) is 24.0. The predicted molar refractivity (Wildman–Crippen MR) is 119 cm³/mol. The Morgan fingerprint density at radius 1 is 1.12 bits per heavy atom. The number of rotatable bonds is 3. The fourth-order valence-electron chi connectivity index (χ4n) is 4.44. The first-order valence-corrected chi connectivity index (χ1v) is 10.6. The van der Waals surface area contributed by atoms with Crippen molar-refractivity contribution in [2.24, 2.45) is 11.5 Å². The van der Waals surface area contributed by atoms with Gasteiger partial charge in [0, 0.05) is 5.69 Å². The zero-order valence-electron chi connectivity index (χ0n) is 18.0. The molecule has 0 amide bonds. The van der Waals surface area contributed by atoms with E-state index < -0.39 is 12.1 Å². The Morgan fingerprint density at radius 3 is 2.59 bits per heavy atom. The van der Waals surface area contributed by atoms with Crippen LogP contribution >= 0.6 is 0 Å². The fourth-order valence-corrected chi connectivity index (χ4v) is 4.44. The average Bonchev–Trinajstić information content (AvgIpc) is 3.24. The molecule has 166 valence electrons. The van der Waals surface area contributed by atoms with E-state index >= 15 is 4.39 Å². The Hall–Kier alpha value is -3.11. The molecule has 0 aliphatic carbocycles. The number of aryl methyl sites for hydroxylation is 1. The van der Waals surface area contributed by atoms with Gasteiger partial charge in [-0.15, -0.1) is 0 Å². The number of anilines is 1. The number of nitrogens with two attached hydrogens (primary N) is 2. The summed E-state index contributed by atoms with van der Waals surface area (Å²) in [5.41, 5.74) is 17.0. The maximum Gasteiger partial charge on any atom is 0.150 e. The second-order valence-corrected chi connectivity index (χ2v) is 8.09. The first-order chi connectivity index (χ1) is 15.5. The highest BCUT2D eigenvalue weighted by Gasteiger charge is 2.41. The van der Waals surface area contributed by atoms with Crippen LogP contribution < -0.4 is 16.4 Å². The van der Waals surface area contributed by atoms with Gasteiger partial charge in [0.25, 0.3) is 0 Å². The summed E-state index contributed by atoms with van der Waals surface area (Å²) in [6.45, 7) is 2.32. The number of hydrogen-bond acceptors (Lipinski definition) is 7. The summed E-state index contributed by atoms with van der Waals surface area (Å²) in [6.07, 6.45) is 0.913. The number of hydrogen-bond donors (Lipinski definition) is 2. The predicted octanol–water partition coefficient (Wildman–Crippen LogP) is 2.41. The lowest BCUT2D eigenvalue weighted by Gasteiger charge is -2.50. The Bertz CT molecular complexity index is 1160. The van der Waals surface area contributed by atoms with Gasteiger partial charge in [-0.05, 0) is 49.7 Å². The Morgan fingerprint density at radius 2 is 1.91 bits per heavy atom. The molecular formula is C23H26FN7O. The van der Waals surface area contributed by atoms with E-state index in [4.69, 9.17) is 16.2 Å². The first-order valence-electron chi connectivity index (χ1n) is 10.6. The van der Waals surface area contributed by atoms with Crippen molar-refractivity contribution < 1.29 is 9.13 Å². The van der Waals surface area contributed by atoms with E-state index in [1.807, 2.05) is 53.2 Å². The molecule has 0 bridgehead atoms. The standard InChI is InChI=1S/C23H26FN7O/c1-14-27-13-30(28-14)19-9-8-16(12-18(19)24)31-20-17(22(25)29(2)23(31)26)10-11-32-21(20)15-6-4-3-5-7-15/h3-9,12-13,21-23H,10-11,25-26H2,1-2H3. The molecular weight excluding hydrogens is 409 g/mol. The Kier molecular flexibility index (Phi) is 5.26. The van der Waals surface area contributed by atoms with Crippen molar-refractivity contribution in [2.75, 3.05) is 18.6 Å². The minimum atomic E-state index is -0.587. The molecule has 5 rings (SSSR count). The largest absolute Gasteiger partial charge is 0.367 e. The summed E-state index contributed by atoms with van der Waals surface area (Å²) < 4.78 is 22.8. The number of benzene rings is 2. The van der Waals surface area contributed by atoms with Gasteiger partial charge in [0.1, 0.15) is 30.2 Å². The highest BCUT2D eigenvalue weighted by molar-refractivity contribution is 5.60. The molecule has 3 unspecified atom stereocenters. The summed E-state index contributed by atoms with van der Waals surface area (Å²) in [4.78, 5) is 7.90. The maximum absolute atomic E-state index is 15.2. The third-order valence-corrected chi connectivity index (χ3v) is 6.14. The molecule has 2 aliphatic rings. The van der Waals surface area contributed by atoms with Gasteiger partial charge in [-0.2, -0.15) is 5.10 Å². The lowest BCUT2D eigenvalue weighted by atomic mass is 9.92. The summed E-state index contributed by atoms with van der Waals surface area (Å²) in [5.74, 6) is 0.147. The van der Waals surface area contributed by atoms with Crippen LogP contribution in [0.5, 0.6) is 0 Å². The molecule has 4 N–H and O–H groups in total. The van der Waals surface area contributed by atoms with E-state index in [1.165, 1.54) is 17.1 Å². The highest BCUT2D eigenvalue weighted by Crippen LogP contribution is 2.42. The molecule has 2 aromatic carbocycles. The number of likely N-dealkylation sites (N-methyl/N-ethyl adjacent to an activating group) is 1. The van der Waals surface area contributed by atoms with Gasteiger partial charge in [0.05, 0.1) is 18.5 Å². The van der Waals surface area contributed by atoms with Crippen molar-refractivity contribution in [2.45, 2.75) is 31.9 Å². The molecule has 0 saturated heterocycles. The van der Waals surface area contributed by atoms with Crippen LogP contribution in [0.25, 0.3) is 5.69 Å². The minimum absolute atomic E-state index is 0.318. The van der Waals surface area contributed by atoms with Gasteiger partial charge in [-0.3, -0.25) is 10.6 Å². The molecule has 3 atom stereocenters. The van der Waals surface area contributed by atoms with Crippen molar-refractivity contribution in [1.82, 2.24) is 19.7 Å². The number of nitrogens with zero attached hydrogens (tertiary/aromatic N) is 5. The minimum Gasteiger partial charge on any atom is -0.367 e. The van der Waals surface area contributed by atoms with E-state index in [0.717, 1.165) is 16.8 Å². The molecule has 9 heteroatoms. The summed E-state index contributed by atoms with van der Waals surface area (Å²) in [7, 11) is 1.88. The molecule has 3 heterocycles. The van der Waals surface area contributed by atoms with Crippen LogP contribution in [0.3, 0.4) is 0 Å². The monoisotopic (exact) mass is 435 g/mol. The fraction of sp³-hybridized carbons (Fsp3) is 0.304. The van der Waals surface area contributed by atoms with Crippen LogP contribution in [-0.4, -0.2) is 45.8 Å². The summed E-state index contributed by atoms with van der Waals surface area (Å²) >= 11 is 0. The van der Waals surface area contributed by atoms with Crippen LogP contribution in [0.15, 0.2) is 66.1 Å². The Balaban J connectivity index is 1.62. The van der Waals surface area contributed by atoms with E-state index in [1.54, 1.807) is 13.0 Å². The highest BCUT2D eigenvalue weighted by atomic mass is 19.1. The molecule has 0 spiro atoms. The molecule has 32 heavy (non-hydrogen) atoms. The van der Waals surface area contributed by atoms with Gasteiger partial charge < -0.3 is 15.4 Å². The molecule has 0 saturated carbocycles. The van der Waals surface area contributed by atoms with Gasteiger partial charge >= 0.3 is 0 Å². The summed E-state index contributed by atoms with van der Waals surface area (Å²) in [6, 6.07) is 14.9. The Labute approximate surface area is 185 Å². The number of halogens is 1. The van der Waals surface area contributed by atoms with E-state index in [2.05, 4.69) is 10.1 Å². The lowest BCUT2D eigenvalue weighted by molar-refractivity contribution is 0.0437. The van der Waals surface area contributed by atoms with Crippen LogP contribution in [0, 0.1) is 12.7 Å². The SMILES string of the molecule is Cc1ncn(-c2ccc(N3C4=C(CCOC4c4ccccc4)C(N)N(C)C3N)cc2F)n1. The van der Waals surface area contributed by atoms with Crippen LogP contribution in [-0.2, 0) is 4.74 Å². The van der Waals surface area contributed by atoms with Crippen LogP contribution in [0.4, 0.5) is 10.1 Å². The lowest BCUT2D eigenvalue weighted by Crippen LogP contribution is -2.64. The zero-order chi connectivity index (χ0) is 22.4. The average molecular weight is 436 g/mol. The quantitative estimate of drug-likeness (QED) is 0.652. The number of aromatic nitrogens is 3. The third kappa shape index (κ3) is 3.39. The van der Waals surface area contributed by atoms with E-state index in [9.17, 15) is 0 Å². The van der Waals surface area contributed by atoms with Crippen LogP contribution in [0.2, 0.25) is 0 Å². The molecule has 0 radical (unpaired) electrons. The van der Waals surface area contributed by atoms with Gasteiger partial charge in [-0.1, -0.05) is 30.3 Å². The molecule has 2 aliphatic heterocycles. The molecule has 3 aromatic rings. The third-order valence-electron chi connectivity index (χ3n) is 6.14. The van der Waals surface area contributed by atoms with Crippen LogP contribution in [0.1, 0.15) is 23.9 Å². The van der Waals surface area contributed by atoms with Crippen molar-refractivity contribution in [1.29, 1.82) is 0 Å². The van der Waals surface area contributed by atoms with Gasteiger partial charge in [0.15, 0.2) is 5.82 Å². The topological polar surface area (TPSA) is 98.5 Å². The first kappa shape index (κ1) is 20.8. The molecule has 0 fully saturated rings. The van der Waals surface area contributed by atoms with Crippen molar-refractivity contribution >= 4 is 5.69 Å². The zero-order valence-corrected chi connectivity index (χ0v) is 18.0. The second-order valence-electron chi connectivity index (χ2n) is 8.09.